The average molecular weight is 502 g/mol. The van der Waals surface area contributed by atoms with Crippen molar-refractivity contribution in [2.24, 2.45) is 10.9 Å². The molecule has 1 aliphatic heterocycles. The Bertz CT molecular complexity index is 610. The lowest BCUT2D eigenvalue weighted by atomic mass is 10.0. The smallest absolute Gasteiger partial charge is 0.191 e. The van der Waals surface area contributed by atoms with E-state index >= 15 is 0 Å². The number of ether oxygens (including phenoxy) is 2. The molecule has 1 saturated heterocycles. The molecule has 7 heteroatoms. The zero-order valence-corrected chi connectivity index (χ0v) is 19.5. The van der Waals surface area contributed by atoms with Gasteiger partial charge in [-0.1, -0.05) is 12.1 Å². The number of aliphatic imine (C=N–C) groups is 1. The van der Waals surface area contributed by atoms with E-state index in [1.54, 1.807) is 7.11 Å². The van der Waals surface area contributed by atoms with Crippen molar-refractivity contribution < 1.29 is 9.47 Å². The summed E-state index contributed by atoms with van der Waals surface area (Å²) >= 11 is 0. The van der Waals surface area contributed by atoms with Gasteiger partial charge in [0.25, 0.3) is 0 Å². The Balaban J connectivity index is 0.00000280. The molecule has 1 aliphatic carbocycles. The third-order valence-electron chi connectivity index (χ3n) is 5.09. The number of benzene rings is 1. The lowest BCUT2D eigenvalue weighted by molar-refractivity contribution is 0.131. The summed E-state index contributed by atoms with van der Waals surface area (Å²) in [7, 11) is 1.74. The second kappa shape index (κ2) is 12.4. The van der Waals surface area contributed by atoms with Crippen LogP contribution in [0.3, 0.4) is 0 Å². The normalized spacial score (nSPS) is 19.7. The lowest BCUT2D eigenvalue weighted by Crippen LogP contribution is -2.51. The van der Waals surface area contributed by atoms with Gasteiger partial charge in [-0.05, 0) is 50.7 Å². The number of anilines is 1. The number of methoxy groups -OCH3 is 1. The standard InChI is InChI=1S/C21H34N4O2.HI/c1-3-22-21(23-12-14-27-16-17-10-11-17)24-18-7-6-13-25(15-18)19-8-4-5-9-20(19)26-2;/h4-5,8-9,17-18H,3,6-7,10-16H2,1-2H3,(H2,22,23,24);1H. The molecule has 1 atom stereocenters. The van der Waals surface area contributed by atoms with Crippen LogP contribution in [0, 0.1) is 5.92 Å². The van der Waals surface area contributed by atoms with Crippen LogP contribution in [0.1, 0.15) is 32.6 Å². The summed E-state index contributed by atoms with van der Waals surface area (Å²) in [5, 5.41) is 6.97. The van der Waals surface area contributed by atoms with Gasteiger partial charge in [0, 0.05) is 32.3 Å². The zero-order valence-electron chi connectivity index (χ0n) is 17.2. The lowest BCUT2D eigenvalue weighted by Gasteiger charge is -2.36. The van der Waals surface area contributed by atoms with Gasteiger partial charge >= 0.3 is 0 Å². The number of guanidine groups is 1. The van der Waals surface area contributed by atoms with Crippen molar-refractivity contribution in [1.82, 2.24) is 10.6 Å². The Hall–Kier alpha value is -1.22. The van der Waals surface area contributed by atoms with Crippen LogP contribution >= 0.6 is 24.0 Å². The number of rotatable bonds is 9. The maximum absolute atomic E-state index is 5.69. The topological polar surface area (TPSA) is 58.1 Å². The maximum Gasteiger partial charge on any atom is 0.191 e. The molecule has 158 valence electrons. The Morgan fingerprint density at radius 2 is 2.07 bits per heavy atom. The molecule has 0 radical (unpaired) electrons. The van der Waals surface area contributed by atoms with Gasteiger partial charge in [0.15, 0.2) is 5.96 Å². The fourth-order valence-corrected chi connectivity index (χ4v) is 3.47. The summed E-state index contributed by atoms with van der Waals surface area (Å²) in [6.45, 7) is 7.26. The Labute approximate surface area is 186 Å². The molecule has 2 aliphatic rings. The van der Waals surface area contributed by atoms with Gasteiger partial charge in [-0.3, -0.25) is 4.99 Å². The molecule has 0 spiro atoms. The second-order valence-electron chi connectivity index (χ2n) is 7.38. The number of hydrogen-bond acceptors (Lipinski definition) is 4. The van der Waals surface area contributed by atoms with Gasteiger partial charge in [-0.25, -0.2) is 0 Å². The maximum atomic E-state index is 5.69. The summed E-state index contributed by atoms with van der Waals surface area (Å²) in [5.41, 5.74) is 1.17. The number of hydrogen-bond donors (Lipinski definition) is 2. The number of halogens is 1. The number of para-hydroxylation sites is 2. The van der Waals surface area contributed by atoms with Gasteiger partial charge in [0.1, 0.15) is 5.75 Å². The molecule has 28 heavy (non-hydrogen) atoms. The first-order valence-electron chi connectivity index (χ1n) is 10.3. The third kappa shape index (κ3) is 7.31. The molecule has 1 unspecified atom stereocenters. The van der Waals surface area contributed by atoms with Gasteiger partial charge in [0.05, 0.1) is 25.9 Å². The molecule has 2 N–H and O–H groups in total. The van der Waals surface area contributed by atoms with Gasteiger partial charge in [-0.15, -0.1) is 24.0 Å². The van der Waals surface area contributed by atoms with E-state index in [0.717, 1.165) is 56.7 Å². The van der Waals surface area contributed by atoms with Crippen LogP contribution in [0.2, 0.25) is 0 Å². The van der Waals surface area contributed by atoms with E-state index < -0.39 is 0 Å². The van der Waals surface area contributed by atoms with Crippen molar-refractivity contribution in [2.75, 3.05) is 51.4 Å². The van der Waals surface area contributed by atoms with E-state index in [1.807, 2.05) is 12.1 Å². The molecular weight excluding hydrogens is 467 g/mol. The van der Waals surface area contributed by atoms with Gasteiger partial charge in [0.2, 0.25) is 0 Å². The monoisotopic (exact) mass is 502 g/mol. The first-order chi connectivity index (χ1) is 13.3. The van der Waals surface area contributed by atoms with Crippen LogP contribution in [-0.4, -0.2) is 58.5 Å². The zero-order chi connectivity index (χ0) is 18.9. The van der Waals surface area contributed by atoms with Crippen LogP contribution < -0.4 is 20.3 Å². The van der Waals surface area contributed by atoms with Crippen LogP contribution in [0.25, 0.3) is 0 Å². The number of nitrogens with one attached hydrogen (secondary N) is 2. The van der Waals surface area contributed by atoms with E-state index in [4.69, 9.17) is 9.47 Å². The quantitative estimate of drug-likeness (QED) is 0.235. The third-order valence-corrected chi connectivity index (χ3v) is 5.09. The first-order valence-corrected chi connectivity index (χ1v) is 10.3. The van der Waals surface area contributed by atoms with Gasteiger partial charge < -0.3 is 25.0 Å². The Morgan fingerprint density at radius 1 is 1.25 bits per heavy atom. The molecular formula is C21H35IN4O2. The summed E-state index contributed by atoms with van der Waals surface area (Å²) in [4.78, 5) is 7.09. The Morgan fingerprint density at radius 3 is 2.82 bits per heavy atom. The van der Waals surface area contributed by atoms with Crippen LogP contribution in [-0.2, 0) is 4.74 Å². The number of nitrogens with zero attached hydrogens (tertiary/aromatic N) is 2. The van der Waals surface area contributed by atoms with Crippen LogP contribution in [0.5, 0.6) is 5.75 Å². The highest BCUT2D eigenvalue weighted by Crippen LogP contribution is 2.30. The molecule has 0 bridgehead atoms. The highest BCUT2D eigenvalue weighted by molar-refractivity contribution is 14.0. The minimum atomic E-state index is 0. The fourth-order valence-electron chi connectivity index (χ4n) is 3.47. The van der Waals surface area contributed by atoms with Crippen LogP contribution in [0.4, 0.5) is 5.69 Å². The predicted octanol–water partition coefficient (Wildman–Crippen LogP) is 3.26. The number of piperidine rings is 1. The fraction of sp³-hybridized carbons (Fsp3) is 0.667. The van der Waals surface area contributed by atoms with Crippen molar-refractivity contribution >= 4 is 35.6 Å². The molecule has 1 saturated carbocycles. The molecule has 3 rings (SSSR count). The molecule has 1 aromatic carbocycles. The van der Waals surface area contributed by atoms with E-state index in [2.05, 4.69) is 39.6 Å². The average Bonchev–Trinajstić information content (AvgIpc) is 3.52. The van der Waals surface area contributed by atoms with Crippen molar-refractivity contribution in [2.45, 2.75) is 38.6 Å². The van der Waals surface area contributed by atoms with E-state index in [-0.39, 0.29) is 24.0 Å². The second-order valence-corrected chi connectivity index (χ2v) is 7.38. The molecule has 1 heterocycles. The SMILES string of the molecule is CCNC(=NCCOCC1CC1)NC1CCCN(c2ccccc2OC)C1.I. The predicted molar refractivity (Wildman–Crippen MR) is 126 cm³/mol. The highest BCUT2D eigenvalue weighted by Gasteiger charge is 2.23. The first kappa shape index (κ1) is 23.1. The minimum absolute atomic E-state index is 0. The molecule has 1 aromatic rings. The van der Waals surface area contributed by atoms with Gasteiger partial charge in [-0.2, -0.15) is 0 Å². The highest BCUT2D eigenvalue weighted by atomic mass is 127. The summed E-state index contributed by atoms with van der Waals surface area (Å²) in [6.07, 6.45) is 4.96. The molecule has 0 aromatic heterocycles. The summed E-state index contributed by atoms with van der Waals surface area (Å²) in [5.74, 6) is 2.63. The van der Waals surface area contributed by atoms with E-state index in [1.165, 1.54) is 18.5 Å². The summed E-state index contributed by atoms with van der Waals surface area (Å²) in [6, 6.07) is 8.62. The molecule has 0 amide bonds. The van der Waals surface area contributed by atoms with Crippen molar-refractivity contribution in [1.29, 1.82) is 0 Å². The summed E-state index contributed by atoms with van der Waals surface area (Å²) < 4.78 is 11.2. The van der Waals surface area contributed by atoms with E-state index in [0.29, 0.717) is 19.2 Å². The van der Waals surface area contributed by atoms with Crippen molar-refractivity contribution in [3.05, 3.63) is 24.3 Å². The van der Waals surface area contributed by atoms with E-state index in [9.17, 15) is 0 Å². The molecule has 6 nitrogen and oxygen atoms in total. The van der Waals surface area contributed by atoms with Crippen molar-refractivity contribution in [3.8, 4) is 5.75 Å². The van der Waals surface area contributed by atoms with Crippen molar-refractivity contribution in [3.63, 3.8) is 0 Å². The largest absolute Gasteiger partial charge is 0.495 e. The Kier molecular flexibility index (Phi) is 10.2. The molecule has 2 fully saturated rings. The minimum Gasteiger partial charge on any atom is -0.495 e. The van der Waals surface area contributed by atoms with Crippen LogP contribution in [0.15, 0.2) is 29.3 Å².